The van der Waals surface area contributed by atoms with Crippen LogP contribution in [-0.2, 0) is 27.5 Å². The molecular weight excluding hydrogens is 344 g/mol. The lowest BCUT2D eigenvalue weighted by molar-refractivity contribution is -0.135. The van der Waals surface area contributed by atoms with Crippen LogP contribution in [0.5, 0.6) is 0 Å². The van der Waals surface area contributed by atoms with Gasteiger partial charge in [0.15, 0.2) is 0 Å². The Labute approximate surface area is 157 Å². The van der Waals surface area contributed by atoms with Gasteiger partial charge in [-0.2, -0.15) is 5.26 Å². The van der Waals surface area contributed by atoms with Gasteiger partial charge >= 0.3 is 0 Å². The Bertz CT molecular complexity index is 806. The molecule has 3 aliphatic rings. The SMILES string of the molecule is N#C[C@@H]1CCCN1C(=O)[C@@H]1CC(CC(=O)N2Cc3ccccc3C2)C(=O)N1. The molecule has 0 spiro atoms. The summed E-state index contributed by atoms with van der Waals surface area (Å²) >= 11 is 0. The van der Waals surface area contributed by atoms with Crippen LogP contribution in [0.3, 0.4) is 0 Å². The van der Waals surface area contributed by atoms with E-state index in [2.05, 4.69) is 11.4 Å². The Balaban J connectivity index is 1.35. The van der Waals surface area contributed by atoms with Gasteiger partial charge in [-0.15, -0.1) is 0 Å². The Kier molecular flexibility index (Phi) is 4.56. The van der Waals surface area contributed by atoms with Crippen LogP contribution in [0.1, 0.15) is 36.8 Å². The van der Waals surface area contributed by atoms with Crippen molar-refractivity contribution in [1.29, 1.82) is 5.26 Å². The van der Waals surface area contributed by atoms with E-state index < -0.39 is 18.0 Å². The number of carbonyl (C=O) groups is 3. The number of fused-ring (bicyclic) bond motifs is 1. The van der Waals surface area contributed by atoms with E-state index >= 15 is 0 Å². The van der Waals surface area contributed by atoms with Crippen LogP contribution in [0.4, 0.5) is 0 Å². The Morgan fingerprint density at radius 2 is 1.93 bits per heavy atom. The average Bonchev–Trinajstić information content (AvgIpc) is 3.39. The number of hydrogen-bond acceptors (Lipinski definition) is 4. The smallest absolute Gasteiger partial charge is 0.246 e. The molecule has 3 amide bonds. The van der Waals surface area contributed by atoms with Gasteiger partial charge in [0.2, 0.25) is 17.7 Å². The van der Waals surface area contributed by atoms with Crippen LogP contribution in [0, 0.1) is 17.2 Å². The highest BCUT2D eigenvalue weighted by atomic mass is 16.2. The average molecular weight is 366 g/mol. The fourth-order valence-corrected chi connectivity index (χ4v) is 4.29. The summed E-state index contributed by atoms with van der Waals surface area (Å²) in [5.74, 6) is -0.990. The van der Waals surface area contributed by atoms with Gasteiger partial charge in [0.25, 0.3) is 0 Å². The molecular formula is C20H22N4O3. The van der Waals surface area contributed by atoms with E-state index in [1.807, 2.05) is 24.3 Å². The minimum absolute atomic E-state index is 0.0597. The van der Waals surface area contributed by atoms with Crippen LogP contribution in [0.15, 0.2) is 24.3 Å². The summed E-state index contributed by atoms with van der Waals surface area (Å²) in [6.45, 7) is 1.70. The molecule has 7 nitrogen and oxygen atoms in total. The molecule has 1 aromatic rings. The molecule has 4 rings (SSSR count). The quantitative estimate of drug-likeness (QED) is 0.861. The zero-order valence-electron chi connectivity index (χ0n) is 15.1. The number of benzene rings is 1. The van der Waals surface area contributed by atoms with Crippen molar-refractivity contribution in [2.75, 3.05) is 6.54 Å². The lowest BCUT2D eigenvalue weighted by Gasteiger charge is -2.23. The van der Waals surface area contributed by atoms with Gasteiger partial charge in [0, 0.05) is 32.0 Å². The van der Waals surface area contributed by atoms with Crippen LogP contribution in [-0.4, -0.2) is 46.1 Å². The zero-order chi connectivity index (χ0) is 19.0. The number of likely N-dealkylation sites (tertiary alicyclic amines) is 1. The number of nitrogens with zero attached hydrogens (tertiary/aromatic N) is 3. The standard InChI is InChI=1S/C20H22N4O3/c21-10-16-6-3-7-24(16)20(27)17-8-15(19(26)22-17)9-18(25)23-11-13-4-1-2-5-14(13)12-23/h1-2,4-5,15-17H,3,6-9,11-12H2,(H,22,26)/t15?,16-,17-/m0/s1. The van der Waals surface area contributed by atoms with Crippen molar-refractivity contribution in [1.82, 2.24) is 15.1 Å². The topological polar surface area (TPSA) is 93.5 Å². The van der Waals surface area contributed by atoms with E-state index in [9.17, 15) is 14.4 Å². The minimum atomic E-state index is -0.625. The van der Waals surface area contributed by atoms with Crippen LogP contribution in [0.2, 0.25) is 0 Å². The van der Waals surface area contributed by atoms with E-state index in [1.54, 1.807) is 9.80 Å². The molecule has 140 valence electrons. The second-order valence-corrected chi connectivity index (χ2v) is 7.54. The van der Waals surface area contributed by atoms with Gasteiger partial charge < -0.3 is 15.1 Å². The van der Waals surface area contributed by atoms with Crippen molar-refractivity contribution < 1.29 is 14.4 Å². The maximum Gasteiger partial charge on any atom is 0.246 e. The molecule has 0 bridgehead atoms. The van der Waals surface area contributed by atoms with E-state index in [4.69, 9.17) is 5.26 Å². The number of nitrogens with one attached hydrogen (secondary N) is 1. The van der Waals surface area contributed by atoms with Gasteiger partial charge in [-0.3, -0.25) is 14.4 Å². The van der Waals surface area contributed by atoms with E-state index in [0.29, 0.717) is 32.5 Å². The minimum Gasteiger partial charge on any atom is -0.344 e. The van der Waals surface area contributed by atoms with Crippen LogP contribution >= 0.6 is 0 Å². The second kappa shape index (κ2) is 7.03. The maximum absolute atomic E-state index is 12.7. The highest BCUT2D eigenvalue weighted by Crippen LogP contribution is 2.27. The number of amides is 3. The normalized spacial score (nSPS) is 26.6. The number of carbonyl (C=O) groups excluding carboxylic acids is 3. The van der Waals surface area contributed by atoms with E-state index in [1.165, 1.54) is 0 Å². The Morgan fingerprint density at radius 3 is 2.59 bits per heavy atom. The highest BCUT2D eigenvalue weighted by molar-refractivity contribution is 5.94. The molecule has 3 heterocycles. The molecule has 1 aromatic carbocycles. The predicted octanol–water partition coefficient (Wildman–Crippen LogP) is 0.938. The summed E-state index contributed by atoms with van der Waals surface area (Å²) in [7, 11) is 0. The van der Waals surface area contributed by atoms with Gasteiger partial charge in [0.1, 0.15) is 12.1 Å². The van der Waals surface area contributed by atoms with Crippen molar-refractivity contribution in [3.63, 3.8) is 0 Å². The highest BCUT2D eigenvalue weighted by Gasteiger charge is 2.42. The molecule has 0 aromatic heterocycles. The summed E-state index contributed by atoms with van der Waals surface area (Å²) in [6.07, 6.45) is 1.92. The third-order valence-electron chi connectivity index (χ3n) is 5.81. The van der Waals surface area contributed by atoms with Gasteiger partial charge in [-0.05, 0) is 30.4 Å². The number of rotatable bonds is 3. The lowest BCUT2D eigenvalue weighted by Crippen LogP contribution is -2.46. The fourth-order valence-electron chi connectivity index (χ4n) is 4.29. The van der Waals surface area contributed by atoms with Gasteiger partial charge in [0.05, 0.1) is 6.07 Å². The van der Waals surface area contributed by atoms with Crippen molar-refractivity contribution in [2.45, 2.75) is 50.9 Å². The summed E-state index contributed by atoms with van der Waals surface area (Å²) in [5.41, 5.74) is 2.29. The predicted molar refractivity (Wildman–Crippen MR) is 95.7 cm³/mol. The molecule has 1 N–H and O–H groups in total. The molecule has 7 heteroatoms. The van der Waals surface area contributed by atoms with Crippen molar-refractivity contribution in [3.05, 3.63) is 35.4 Å². The first-order valence-electron chi connectivity index (χ1n) is 9.42. The Morgan fingerprint density at radius 1 is 1.22 bits per heavy atom. The number of hydrogen-bond donors (Lipinski definition) is 1. The van der Waals surface area contributed by atoms with Crippen molar-refractivity contribution in [3.8, 4) is 6.07 Å². The molecule has 27 heavy (non-hydrogen) atoms. The second-order valence-electron chi connectivity index (χ2n) is 7.54. The molecule has 3 atom stereocenters. The van der Waals surface area contributed by atoms with Crippen molar-refractivity contribution in [2.24, 2.45) is 5.92 Å². The molecule has 2 saturated heterocycles. The molecule has 1 unspecified atom stereocenters. The summed E-state index contributed by atoms with van der Waals surface area (Å²) in [6, 6.07) is 9.07. The van der Waals surface area contributed by atoms with E-state index in [0.717, 1.165) is 17.5 Å². The monoisotopic (exact) mass is 366 g/mol. The van der Waals surface area contributed by atoms with Crippen LogP contribution < -0.4 is 5.32 Å². The summed E-state index contributed by atoms with van der Waals surface area (Å²) in [4.78, 5) is 40.9. The summed E-state index contributed by atoms with van der Waals surface area (Å²) < 4.78 is 0. The molecule has 0 radical (unpaired) electrons. The molecule has 0 saturated carbocycles. The van der Waals surface area contributed by atoms with Crippen molar-refractivity contribution >= 4 is 17.7 Å². The first kappa shape index (κ1) is 17.5. The first-order valence-corrected chi connectivity index (χ1v) is 9.42. The first-order chi connectivity index (χ1) is 13.1. The lowest BCUT2D eigenvalue weighted by atomic mass is 9.99. The molecule has 3 aliphatic heterocycles. The maximum atomic E-state index is 12.7. The van der Waals surface area contributed by atoms with Crippen LogP contribution in [0.25, 0.3) is 0 Å². The fraction of sp³-hybridized carbons (Fsp3) is 0.500. The Hall–Kier alpha value is -2.88. The van der Waals surface area contributed by atoms with Gasteiger partial charge in [-0.1, -0.05) is 24.3 Å². The summed E-state index contributed by atoms with van der Waals surface area (Å²) in [5, 5.41) is 11.9. The molecule has 2 fully saturated rings. The van der Waals surface area contributed by atoms with E-state index in [-0.39, 0.29) is 24.1 Å². The largest absolute Gasteiger partial charge is 0.344 e. The molecule has 0 aliphatic carbocycles. The third-order valence-corrected chi connectivity index (χ3v) is 5.81. The third kappa shape index (κ3) is 3.27. The zero-order valence-corrected chi connectivity index (χ0v) is 15.1. The number of nitriles is 1. The van der Waals surface area contributed by atoms with Gasteiger partial charge in [-0.25, -0.2) is 0 Å².